The van der Waals surface area contributed by atoms with E-state index in [4.69, 9.17) is 0 Å². The van der Waals surface area contributed by atoms with Crippen LogP contribution in [0.25, 0.3) is 0 Å². The van der Waals surface area contributed by atoms with Crippen molar-refractivity contribution in [3.63, 3.8) is 0 Å². The van der Waals surface area contributed by atoms with E-state index in [1.54, 1.807) is 16.7 Å². The van der Waals surface area contributed by atoms with E-state index < -0.39 is 10.2 Å². The molecule has 6 nitrogen and oxygen atoms in total. The summed E-state index contributed by atoms with van der Waals surface area (Å²) in [6.45, 7) is 5.80. The van der Waals surface area contributed by atoms with Crippen LogP contribution in [0.3, 0.4) is 0 Å². The second kappa shape index (κ2) is 6.43. The van der Waals surface area contributed by atoms with Gasteiger partial charge in [-0.25, -0.2) is 0 Å². The molecule has 3 rings (SSSR count). The van der Waals surface area contributed by atoms with Gasteiger partial charge in [0.25, 0.3) is 10.2 Å². The Morgan fingerprint density at radius 2 is 2.00 bits per heavy atom. The molecule has 1 atom stereocenters. The summed E-state index contributed by atoms with van der Waals surface area (Å²) in [6.07, 6.45) is 5.45. The fourth-order valence-electron chi connectivity index (χ4n) is 3.18. The summed E-state index contributed by atoms with van der Waals surface area (Å²) in [6, 6.07) is 7.40. The maximum atomic E-state index is 13.1. The lowest BCUT2D eigenvalue weighted by Gasteiger charge is -2.38. The van der Waals surface area contributed by atoms with Crippen molar-refractivity contribution in [3.05, 3.63) is 54.1 Å². The van der Waals surface area contributed by atoms with Crippen molar-refractivity contribution in [1.29, 1.82) is 0 Å². The summed E-state index contributed by atoms with van der Waals surface area (Å²) in [7, 11) is -3.52. The van der Waals surface area contributed by atoms with Gasteiger partial charge in [-0.1, -0.05) is 19.9 Å². The molecule has 2 aromatic heterocycles. The summed E-state index contributed by atoms with van der Waals surface area (Å²) in [5, 5.41) is 0. The van der Waals surface area contributed by atoms with Gasteiger partial charge in [-0.2, -0.15) is 17.0 Å². The maximum absolute atomic E-state index is 13.1. The normalized spacial score (nSPS) is 19.0. The smallest absolute Gasteiger partial charge is 0.282 e. The predicted octanol–water partition coefficient (Wildman–Crippen LogP) is 1.87. The van der Waals surface area contributed by atoms with Crippen LogP contribution in [0.15, 0.2) is 42.9 Å². The summed E-state index contributed by atoms with van der Waals surface area (Å²) in [4.78, 5) is 4.17. The first kappa shape index (κ1) is 16.2. The van der Waals surface area contributed by atoms with Crippen molar-refractivity contribution < 1.29 is 8.42 Å². The van der Waals surface area contributed by atoms with Gasteiger partial charge in [0, 0.05) is 50.5 Å². The molecule has 0 spiro atoms. The first-order valence-electron chi connectivity index (χ1n) is 7.91. The van der Waals surface area contributed by atoms with Crippen molar-refractivity contribution >= 4 is 10.2 Å². The Morgan fingerprint density at radius 3 is 2.65 bits per heavy atom. The number of aromatic nitrogens is 2. The quantitative estimate of drug-likeness (QED) is 0.839. The highest BCUT2D eigenvalue weighted by atomic mass is 32.2. The minimum atomic E-state index is -3.52. The summed E-state index contributed by atoms with van der Waals surface area (Å²) in [5.74, 6) is 0. The number of rotatable bonds is 5. The van der Waals surface area contributed by atoms with Crippen LogP contribution in [0.4, 0.5) is 0 Å². The zero-order valence-corrected chi connectivity index (χ0v) is 14.3. The van der Waals surface area contributed by atoms with Crippen LogP contribution in [0, 0.1) is 0 Å². The van der Waals surface area contributed by atoms with E-state index in [2.05, 4.69) is 9.55 Å². The third-order valence-electron chi connectivity index (χ3n) is 4.32. The van der Waals surface area contributed by atoms with E-state index in [9.17, 15) is 8.42 Å². The molecule has 0 aromatic carbocycles. The van der Waals surface area contributed by atoms with Gasteiger partial charge < -0.3 is 4.57 Å². The monoisotopic (exact) mass is 334 g/mol. The van der Waals surface area contributed by atoms with Gasteiger partial charge in [0.1, 0.15) is 0 Å². The zero-order chi connectivity index (χ0) is 16.4. The van der Waals surface area contributed by atoms with Crippen molar-refractivity contribution in [2.75, 3.05) is 19.6 Å². The molecule has 124 valence electrons. The van der Waals surface area contributed by atoms with Gasteiger partial charge in [-0.15, -0.1) is 0 Å². The summed E-state index contributed by atoms with van der Waals surface area (Å²) < 4.78 is 31.4. The molecule has 0 radical (unpaired) electrons. The second-order valence-corrected chi connectivity index (χ2v) is 7.40. The van der Waals surface area contributed by atoms with E-state index in [-0.39, 0.29) is 6.04 Å². The number of pyridine rings is 1. The number of hydrogen-bond donors (Lipinski definition) is 0. The molecule has 7 heteroatoms. The molecule has 3 heterocycles. The van der Waals surface area contributed by atoms with Crippen molar-refractivity contribution in [3.8, 4) is 0 Å². The Balaban J connectivity index is 2.10. The van der Waals surface area contributed by atoms with Crippen LogP contribution in [-0.4, -0.2) is 46.2 Å². The molecular formula is C16H22N4O2S. The van der Waals surface area contributed by atoms with Gasteiger partial charge in [-0.05, 0) is 23.8 Å². The van der Waals surface area contributed by atoms with Gasteiger partial charge in [0.05, 0.1) is 6.04 Å². The number of nitrogens with zero attached hydrogens (tertiary/aromatic N) is 4. The Labute approximate surface area is 137 Å². The Hall–Kier alpha value is -1.70. The van der Waals surface area contributed by atoms with Crippen LogP contribution in [0.5, 0.6) is 0 Å². The molecule has 0 saturated carbocycles. The molecule has 0 N–H and O–H groups in total. The van der Waals surface area contributed by atoms with E-state index in [0.29, 0.717) is 26.2 Å². The third-order valence-corrected chi connectivity index (χ3v) is 6.48. The summed E-state index contributed by atoms with van der Waals surface area (Å²) in [5.41, 5.74) is 1.88. The van der Waals surface area contributed by atoms with Crippen LogP contribution in [0.2, 0.25) is 0 Å². The molecule has 0 saturated heterocycles. The number of fused-ring (bicyclic) bond motifs is 1. The molecule has 0 amide bonds. The largest absolute Gasteiger partial charge is 0.348 e. The van der Waals surface area contributed by atoms with E-state index in [1.807, 2.05) is 44.3 Å². The summed E-state index contributed by atoms with van der Waals surface area (Å²) >= 11 is 0. The van der Waals surface area contributed by atoms with Crippen molar-refractivity contribution in [1.82, 2.24) is 18.2 Å². The van der Waals surface area contributed by atoms with Gasteiger partial charge >= 0.3 is 0 Å². The molecule has 0 bridgehead atoms. The fourth-order valence-corrected chi connectivity index (χ4v) is 4.94. The highest BCUT2D eigenvalue weighted by Crippen LogP contribution is 2.34. The van der Waals surface area contributed by atoms with E-state index in [1.165, 1.54) is 4.31 Å². The van der Waals surface area contributed by atoms with Gasteiger partial charge in [0.15, 0.2) is 0 Å². The Kier molecular flexibility index (Phi) is 4.52. The lowest BCUT2D eigenvalue weighted by Crippen LogP contribution is -2.49. The molecule has 1 unspecified atom stereocenters. The third kappa shape index (κ3) is 2.80. The number of hydrogen-bond acceptors (Lipinski definition) is 3. The van der Waals surface area contributed by atoms with Gasteiger partial charge in [0.2, 0.25) is 0 Å². The van der Waals surface area contributed by atoms with Gasteiger partial charge in [-0.3, -0.25) is 4.98 Å². The topological polar surface area (TPSA) is 58.4 Å². The highest BCUT2D eigenvalue weighted by molar-refractivity contribution is 7.86. The van der Waals surface area contributed by atoms with Crippen LogP contribution in [0.1, 0.15) is 31.1 Å². The van der Waals surface area contributed by atoms with Crippen LogP contribution < -0.4 is 0 Å². The molecule has 1 aliphatic heterocycles. The van der Waals surface area contributed by atoms with E-state index >= 15 is 0 Å². The molecular weight excluding hydrogens is 312 g/mol. The molecule has 0 aliphatic carbocycles. The lowest BCUT2D eigenvalue weighted by molar-refractivity contribution is 0.271. The van der Waals surface area contributed by atoms with Crippen molar-refractivity contribution in [2.45, 2.75) is 26.4 Å². The minimum Gasteiger partial charge on any atom is -0.348 e. The Morgan fingerprint density at radius 1 is 1.22 bits per heavy atom. The molecule has 0 fully saturated rings. The molecule has 23 heavy (non-hydrogen) atoms. The fraction of sp³-hybridized carbons (Fsp3) is 0.438. The molecule has 2 aromatic rings. The highest BCUT2D eigenvalue weighted by Gasteiger charge is 2.39. The SMILES string of the molecule is CCN(CC)S(=O)(=O)N1CCn2cccc2C1c1cccnc1. The minimum absolute atomic E-state index is 0.335. The van der Waals surface area contributed by atoms with Crippen LogP contribution in [-0.2, 0) is 16.8 Å². The molecule has 1 aliphatic rings. The standard InChI is InChI=1S/C16H22N4O2S/c1-3-19(4-2)23(21,22)20-12-11-18-10-6-8-15(18)16(20)14-7-5-9-17-13-14/h5-10,13,16H,3-4,11-12H2,1-2H3. The average Bonchev–Trinajstić information content (AvgIpc) is 3.04. The van der Waals surface area contributed by atoms with Crippen molar-refractivity contribution in [2.24, 2.45) is 0 Å². The average molecular weight is 334 g/mol. The first-order chi connectivity index (χ1) is 11.1. The van der Waals surface area contributed by atoms with E-state index in [0.717, 1.165) is 11.3 Å². The van der Waals surface area contributed by atoms with Crippen LogP contribution >= 0.6 is 0 Å². The lowest BCUT2D eigenvalue weighted by atomic mass is 10.0. The maximum Gasteiger partial charge on any atom is 0.282 e. The first-order valence-corrected chi connectivity index (χ1v) is 9.31. The zero-order valence-electron chi connectivity index (χ0n) is 13.5. The Bertz CT molecular complexity index is 753. The second-order valence-electron chi connectivity index (χ2n) is 5.52. The predicted molar refractivity (Wildman–Crippen MR) is 89.1 cm³/mol.